The molecule has 3 aromatic heterocycles. The lowest BCUT2D eigenvalue weighted by molar-refractivity contribution is 1.21. The summed E-state index contributed by atoms with van der Waals surface area (Å²) in [4.78, 5) is 19.8. The predicted octanol–water partition coefficient (Wildman–Crippen LogP) is 2.23. The first kappa shape index (κ1) is 11.6. The lowest BCUT2D eigenvalue weighted by Crippen LogP contribution is -2.02. The summed E-state index contributed by atoms with van der Waals surface area (Å²) in [5.41, 5.74) is 8.66. The van der Waals surface area contributed by atoms with Gasteiger partial charge in [-0.15, -0.1) is 0 Å². The molecule has 0 radical (unpaired) electrons. The zero-order valence-electron chi connectivity index (χ0n) is 10.9. The molecule has 4 N–H and O–H groups in total. The molecule has 4 aromatic rings. The summed E-state index contributed by atoms with van der Waals surface area (Å²) in [5, 5.41) is 4.30. The highest BCUT2D eigenvalue weighted by Gasteiger charge is 2.10. The average molecular weight is 277 g/mol. The molecule has 0 saturated carbocycles. The van der Waals surface area contributed by atoms with E-state index in [2.05, 4.69) is 30.2 Å². The van der Waals surface area contributed by atoms with Crippen LogP contribution >= 0.6 is 0 Å². The smallest absolute Gasteiger partial charge is 0.224 e. The molecule has 0 aliphatic rings. The molecule has 3 heterocycles. The van der Waals surface area contributed by atoms with Crippen molar-refractivity contribution in [2.75, 3.05) is 11.1 Å². The number of benzene rings is 1. The van der Waals surface area contributed by atoms with Gasteiger partial charge in [0, 0.05) is 11.6 Å². The minimum absolute atomic E-state index is 0.172. The molecule has 4 rings (SSSR count). The molecule has 21 heavy (non-hydrogen) atoms. The van der Waals surface area contributed by atoms with Gasteiger partial charge in [-0.3, -0.25) is 4.98 Å². The summed E-state index contributed by atoms with van der Waals surface area (Å²) in [6.07, 6.45) is 3.32. The van der Waals surface area contributed by atoms with Crippen LogP contribution in [-0.4, -0.2) is 24.9 Å². The maximum absolute atomic E-state index is 5.72. The average Bonchev–Trinajstić information content (AvgIpc) is 2.96. The topological polar surface area (TPSA) is 105 Å². The SMILES string of the molecule is Nc1nc(Nc2cccc3cccnc23)c2[nH]cnc2n1. The Labute approximate surface area is 119 Å². The van der Waals surface area contributed by atoms with E-state index in [0.717, 1.165) is 16.6 Å². The monoisotopic (exact) mass is 277 g/mol. The van der Waals surface area contributed by atoms with E-state index in [1.54, 1.807) is 12.5 Å². The van der Waals surface area contributed by atoms with Crippen molar-refractivity contribution in [2.45, 2.75) is 0 Å². The van der Waals surface area contributed by atoms with Crippen molar-refractivity contribution in [1.82, 2.24) is 24.9 Å². The van der Waals surface area contributed by atoms with Crippen LogP contribution < -0.4 is 11.1 Å². The van der Waals surface area contributed by atoms with Crippen molar-refractivity contribution in [3.8, 4) is 0 Å². The Balaban J connectivity index is 1.89. The number of hydrogen-bond acceptors (Lipinski definition) is 6. The fraction of sp³-hybridized carbons (Fsp3) is 0. The molecule has 7 heteroatoms. The zero-order chi connectivity index (χ0) is 14.2. The van der Waals surface area contributed by atoms with E-state index in [1.165, 1.54) is 0 Å². The van der Waals surface area contributed by atoms with Gasteiger partial charge in [-0.1, -0.05) is 18.2 Å². The fourth-order valence-electron chi connectivity index (χ4n) is 2.27. The van der Waals surface area contributed by atoms with Gasteiger partial charge in [0.15, 0.2) is 11.5 Å². The van der Waals surface area contributed by atoms with E-state index in [9.17, 15) is 0 Å². The van der Waals surface area contributed by atoms with Crippen LogP contribution in [0.15, 0.2) is 42.9 Å². The number of imidazole rings is 1. The number of aromatic nitrogens is 5. The van der Waals surface area contributed by atoms with Crippen molar-refractivity contribution in [3.05, 3.63) is 42.9 Å². The minimum Gasteiger partial charge on any atom is -0.368 e. The highest BCUT2D eigenvalue weighted by molar-refractivity contribution is 5.94. The Morgan fingerprint density at radius 3 is 2.90 bits per heavy atom. The molecule has 0 aliphatic carbocycles. The van der Waals surface area contributed by atoms with Gasteiger partial charge in [-0.25, -0.2) is 4.98 Å². The highest BCUT2D eigenvalue weighted by atomic mass is 15.1. The first-order valence-corrected chi connectivity index (χ1v) is 6.38. The number of pyridine rings is 1. The number of H-pyrrole nitrogens is 1. The Bertz CT molecular complexity index is 939. The van der Waals surface area contributed by atoms with Crippen LogP contribution in [0.2, 0.25) is 0 Å². The third kappa shape index (κ3) is 1.91. The molecule has 0 unspecified atom stereocenters. The first-order valence-electron chi connectivity index (χ1n) is 6.38. The lowest BCUT2D eigenvalue weighted by Gasteiger charge is -2.09. The van der Waals surface area contributed by atoms with Crippen LogP contribution in [0, 0.1) is 0 Å². The Morgan fingerprint density at radius 1 is 1.05 bits per heavy atom. The summed E-state index contributed by atoms with van der Waals surface area (Å²) < 4.78 is 0. The van der Waals surface area contributed by atoms with Crippen molar-refractivity contribution in [1.29, 1.82) is 0 Å². The van der Waals surface area contributed by atoms with E-state index >= 15 is 0 Å². The van der Waals surface area contributed by atoms with Gasteiger partial charge >= 0.3 is 0 Å². The molecule has 0 bridgehead atoms. The summed E-state index contributed by atoms with van der Waals surface area (Å²) >= 11 is 0. The number of para-hydroxylation sites is 1. The van der Waals surface area contributed by atoms with Crippen molar-refractivity contribution in [2.24, 2.45) is 0 Å². The summed E-state index contributed by atoms with van der Waals surface area (Å²) in [6.45, 7) is 0. The van der Waals surface area contributed by atoms with Gasteiger partial charge in [-0.05, 0) is 12.1 Å². The Kier molecular flexibility index (Phi) is 2.43. The number of nitrogens with one attached hydrogen (secondary N) is 2. The third-order valence-electron chi connectivity index (χ3n) is 3.19. The highest BCUT2D eigenvalue weighted by Crippen LogP contribution is 2.26. The number of hydrogen-bond donors (Lipinski definition) is 3. The summed E-state index contributed by atoms with van der Waals surface area (Å²) in [5.74, 6) is 0.749. The Hall–Kier alpha value is -3.22. The van der Waals surface area contributed by atoms with Gasteiger partial charge in [-0.2, -0.15) is 9.97 Å². The number of aromatic amines is 1. The molecule has 0 fully saturated rings. The lowest BCUT2D eigenvalue weighted by atomic mass is 10.2. The second kappa shape index (κ2) is 4.41. The molecule has 0 atom stereocenters. The van der Waals surface area contributed by atoms with Gasteiger partial charge in [0.25, 0.3) is 0 Å². The fourth-order valence-corrected chi connectivity index (χ4v) is 2.27. The molecule has 0 spiro atoms. The van der Waals surface area contributed by atoms with Gasteiger partial charge in [0.2, 0.25) is 5.95 Å². The molecular weight excluding hydrogens is 266 g/mol. The Morgan fingerprint density at radius 2 is 1.95 bits per heavy atom. The number of nitrogen functional groups attached to an aromatic ring is 1. The van der Waals surface area contributed by atoms with Crippen LogP contribution in [0.25, 0.3) is 22.1 Å². The maximum Gasteiger partial charge on any atom is 0.224 e. The van der Waals surface area contributed by atoms with Gasteiger partial charge in [0.05, 0.1) is 17.5 Å². The maximum atomic E-state index is 5.72. The van der Waals surface area contributed by atoms with E-state index in [4.69, 9.17) is 5.73 Å². The van der Waals surface area contributed by atoms with E-state index in [-0.39, 0.29) is 5.95 Å². The number of nitrogens with zero attached hydrogens (tertiary/aromatic N) is 4. The molecular formula is C14H11N7. The van der Waals surface area contributed by atoms with Gasteiger partial charge in [0.1, 0.15) is 5.52 Å². The molecule has 0 amide bonds. The zero-order valence-corrected chi connectivity index (χ0v) is 10.9. The summed E-state index contributed by atoms with van der Waals surface area (Å²) in [7, 11) is 0. The van der Waals surface area contributed by atoms with Crippen molar-refractivity contribution >= 4 is 39.5 Å². The van der Waals surface area contributed by atoms with E-state index < -0.39 is 0 Å². The van der Waals surface area contributed by atoms with E-state index in [0.29, 0.717) is 17.0 Å². The van der Waals surface area contributed by atoms with Crippen LogP contribution in [-0.2, 0) is 0 Å². The number of rotatable bonds is 2. The standard InChI is InChI=1S/C14H11N7/c15-14-20-12-11(17-7-18-12)13(21-14)19-9-5-1-3-8-4-2-6-16-10(8)9/h1-7H,(H4,15,17,18,19,20,21). The second-order valence-electron chi connectivity index (χ2n) is 4.54. The van der Waals surface area contributed by atoms with Crippen LogP contribution in [0.1, 0.15) is 0 Å². The normalized spacial score (nSPS) is 11.0. The number of fused-ring (bicyclic) bond motifs is 2. The predicted molar refractivity (Wildman–Crippen MR) is 81.1 cm³/mol. The summed E-state index contributed by atoms with van der Waals surface area (Å²) in [6, 6.07) is 9.82. The molecule has 0 aliphatic heterocycles. The van der Waals surface area contributed by atoms with E-state index in [1.807, 2.05) is 30.3 Å². The molecule has 1 aromatic carbocycles. The van der Waals surface area contributed by atoms with Gasteiger partial charge < -0.3 is 16.0 Å². The first-order chi connectivity index (χ1) is 10.3. The molecule has 7 nitrogen and oxygen atoms in total. The van der Waals surface area contributed by atoms with Crippen molar-refractivity contribution < 1.29 is 0 Å². The van der Waals surface area contributed by atoms with Crippen LogP contribution in [0.4, 0.5) is 17.5 Å². The van der Waals surface area contributed by atoms with Crippen LogP contribution in [0.3, 0.4) is 0 Å². The third-order valence-corrected chi connectivity index (χ3v) is 3.19. The number of nitrogens with two attached hydrogens (primary N) is 1. The van der Waals surface area contributed by atoms with Crippen LogP contribution in [0.5, 0.6) is 0 Å². The number of anilines is 3. The minimum atomic E-state index is 0.172. The molecule has 102 valence electrons. The molecule has 0 saturated heterocycles. The second-order valence-corrected chi connectivity index (χ2v) is 4.54. The quantitative estimate of drug-likeness (QED) is 0.519. The van der Waals surface area contributed by atoms with Crippen molar-refractivity contribution in [3.63, 3.8) is 0 Å². The largest absolute Gasteiger partial charge is 0.368 e.